The average Bonchev–Trinajstić information content (AvgIpc) is 2.96. The maximum Gasteiger partial charge on any atom is 0.435 e. The smallest absolute Gasteiger partial charge is 0.435 e. The summed E-state index contributed by atoms with van der Waals surface area (Å²) >= 11 is 0. The van der Waals surface area contributed by atoms with E-state index in [4.69, 9.17) is 9.63 Å². The molecule has 1 aliphatic rings. The normalized spacial score (nSPS) is 15.4. The molecule has 1 aliphatic carbocycles. The Labute approximate surface area is 114 Å². The maximum atomic E-state index is 12.9. The third-order valence-corrected chi connectivity index (χ3v) is 2.91. The van der Waals surface area contributed by atoms with Crippen molar-refractivity contribution in [2.45, 2.75) is 31.5 Å². The fourth-order valence-electron chi connectivity index (χ4n) is 1.81. The highest BCUT2D eigenvalue weighted by atomic mass is 19.4. The van der Waals surface area contributed by atoms with Crippen molar-refractivity contribution in [2.24, 2.45) is 0 Å². The minimum absolute atomic E-state index is 0.00996. The van der Waals surface area contributed by atoms with Gasteiger partial charge in [0.05, 0.1) is 0 Å². The number of carbonyl (C=O) groups is 1. The standard InChI is InChI=1S/C10H8F3N5O3/c11-10(12,13)7-6(9(19)20)15-17-18(7)3-5-14-8(21-16-5)4-1-2-4/h4H,1-3H2,(H,19,20). The quantitative estimate of drug-likeness (QED) is 0.907. The second-order valence-corrected chi connectivity index (χ2v) is 4.57. The van der Waals surface area contributed by atoms with Gasteiger partial charge in [-0.3, -0.25) is 0 Å². The Hall–Kier alpha value is -2.46. The zero-order chi connectivity index (χ0) is 15.2. The van der Waals surface area contributed by atoms with Crippen LogP contribution in [-0.2, 0) is 12.7 Å². The van der Waals surface area contributed by atoms with Gasteiger partial charge in [0.1, 0.15) is 6.54 Å². The predicted octanol–water partition coefficient (Wildman–Crippen LogP) is 1.30. The highest BCUT2D eigenvalue weighted by Crippen LogP contribution is 2.39. The van der Waals surface area contributed by atoms with Crippen molar-refractivity contribution in [1.29, 1.82) is 0 Å². The molecular weight excluding hydrogens is 295 g/mol. The summed E-state index contributed by atoms with van der Waals surface area (Å²) < 4.78 is 44.1. The molecule has 112 valence electrons. The summed E-state index contributed by atoms with van der Waals surface area (Å²) in [4.78, 5) is 14.7. The molecule has 0 bridgehead atoms. The van der Waals surface area contributed by atoms with E-state index in [1.807, 2.05) is 0 Å². The van der Waals surface area contributed by atoms with Crippen molar-refractivity contribution in [3.63, 3.8) is 0 Å². The van der Waals surface area contributed by atoms with Crippen molar-refractivity contribution in [3.8, 4) is 0 Å². The molecule has 0 atom stereocenters. The van der Waals surface area contributed by atoms with Gasteiger partial charge in [0.2, 0.25) is 11.6 Å². The highest BCUT2D eigenvalue weighted by Gasteiger charge is 2.42. The van der Waals surface area contributed by atoms with Crippen LogP contribution in [0, 0.1) is 0 Å². The number of rotatable bonds is 4. The van der Waals surface area contributed by atoms with Crippen molar-refractivity contribution >= 4 is 5.97 Å². The molecule has 21 heavy (non-hydrogen) atoms. The van der Waals surface area contributed by atoms with Crippen LogP contribution in [0.4, 0.5) is 13.2 Å². The van der Waals surface area contributed by atoms with E-state index in [0.29, 0.717) is 10.6 Å². The molecule has 0 aliphatic heterocycles. The predicted molar refractivity (Wildman–Crippen MR) is 57.4 cm³/mol. The van der Waals surface area contributed by atoms with Crippen LogP contribution in [0.1, 0.15) is 46.7 Å². The van der Waals surface area contributed by atoms with Crippen LogP contribution < -0.4 is 0 Å². The number of nitrogens with zero attached hydrogens (tertiary/aromatic N) is 5. The van der Waals surface area contributed by atoms with Gasteiger partial charge in [-0.15, -0.1) is 5.10 Å². The molecule has 0 radical (unpaired) electrons. The molecule has 0 saturated heterocycles. The first kappa shape index (κ1) is 13.5. The SMILES string of the molecule is O=C(O)c1nnn(Cc2noc(C3CC3)n2)c1C(F)(F)F. The fraction of sp³-hybridized carbons (Fsp3) is 0.500. The van der Waals surface area contributed by atoms with Crippen LogP contribution in [-0.4, -0.2) is 36.2 Å². The molecular formula is C10H8F3N5O3. The first-order valence-corrected chi connectivity index (χ1v) is 5.92. The lowest BCUT2D eigenvalue weighted by Gasteiger charge is -2.08. The number of alkyl halides is 3. The minimum Gasteiger partial charge on any atom is -0.476 e. The van der Waals surface area contributed by atoms with E-state index in [2.05, 4.69) is 20.5 Å². The van der Waals surface area contributed by atoms with Crippen LogP contribution in [0.25, 0.3) is 0 Å². The lowest BCUT2D eigenvalue weighted by atomic mass is 10.3. The molecule has 8 nitrogen and oxygen atoms in total. The van der Waals surface area contributed by atoms with E-state index in [1.165, 1.54) is 0 Å². The van der Waals surface area contributed by atoms with Gasteiger partial charge < -0.3 is 9.63 Å². The van der Waals surface area contributed by atoms with Gasteiger partial charge >= 0.3 is 12.1 Å². The second-order valence-electron chi connectivity index (χ2n) is 4.57. The Morgan fingerprint density at radius 1 is 1.43 bits per heavy atom. The van der Waals surface area contributed by atoms with E-state index in [-0.39, 0.29) is 11.7 Å². The molecule has 0 spiro atoms. The highest BCUT2D eigenvalue weighted by molar-refractivity contribution is 5.86. The lowest BCUT2D eigenvalue weighted by Crippen LogP contribution is -2.19. The van der Waals surface area contributed by atoms with Crippen molar-refractivity contribution < 1.29 is 27.6 Å². The molecule has 2 aromatic heterocycles. The molecule has 1 fully saturated rings. The Bertz CT molecular complexity index is 688. The van der Waals surface area contributed by atoms with Crippen LogP contribution >= 0.6 is 0 Å². The van der Waals surface area contributed by atoms with Gasteiger partial charge in [0.25, 0.3) is 0 Å². The third kappa shape index (κ3) is 2.58. The van der Waals surface area contributed by atoms with Gasteiger partial charge in [0.15, 0.2) is 11.5 Å². The number of hydrogen-bond donors (Lipinski definition) is 1. The molecule has 11 heteroatoms. The molecule has 2 heterocycles. The molecule has 1 N–H and O–H groups in total. The monoisotopic (exact) mass is 303 g/mol. The van der Waals surface area contributed by atoms with Crippen LogP contribution in [0.3, 0.4) is 0 Å². The van der Waals surface area contributed by atoms with E-state index < -0.39 is 30.1 Å². The average molecular weight is 303 g/mol. The third-order valence-electron chi connectivity index (χ3n) is 2.91. The first-order valence-electron chi connectivity index (χ1n) is 5.92. The number of carboxylic acid groups (broad SMARTS) is 1. The Balaban J connectivity index is 1.92. The topological polar surface area (TPSA) is 107 Å². The minimum atomic E-state index is -4.90. The summed E-state index contributed by atoms with van der Waals surface area (Å²) in [5.74, 6) is -1.28. The summed E-state index contributed by atoms with van der Waals surface area (Å²) in [5, 5.41) is 18.5. The summed E-state index contributed by atoms with van der Waals surface area (Å²) in [6.45, 7) is -0.467. The van der Waals surface area contributed by atoms with Gasteiger partial charge in [-0.2, -0.15) is 18.2 Å². The van der Waals surface area contributed by atoms with Crippen LogP contribution in [0.15, 0.2) is 4.52 Å². The second kappa shape index (κ2) is 4.53. The van der Waals surface area contributed by atoms with E-state index in [9.17, 15) is 18.0 Å². The molecule has 0 aromatic carbocycles. The largest absolute Gasteiger partial charge is 0.476 e. The van der Waals surface area contributed by atoms with E-state index >= 15 is 0 Å². The van der Waals surface area contributed by atoms with Crippen LogP contribution in [0.2, 0.25) is 0 Å². The molecule has 1 saturated carbocycles. The fourth-order valence-corrected chi connectivity index (χ4v) is 1.81. The zero-order valence-corrected chi connectivity index (χ0v) is 10.3. The number of halogens is 3. The van der Waals surface area contributed by atoms with Gasteiger partial charge in [-0.25, -0.2) is 9.48 Å². The van der Waals surface area contributed by atoms with Gasteiger partial charge in [-0.05, 0) is 12.8 Å². The summed E-state index contributed by atoms with van der Waals surface area (Å²) in [7, 11) is 0. The van der Waals surface area contributed by atoms with Crippen molar-refractivity contribution in [2.75, 3.05) is 0 Å². The van der Waals surface area contributed by atoms with Crippen molar-refractivity contribution in [1.82, 2.24) is 25.1 Å². The molecule has 0 amide bonds. The van der Waals surface area contributed by atoms with Crippen molar-refractivity contribution in [3.05, 3.63) is 23.1 Å². The first-order chi connectivity index (χ1) is 9.86. The number of hydrogen-bond acceptors (Lipinski definition) is 6. The number of carboxylic acids is 1. The lowest BCUT2D eigenvalue weighted by molar-refractivity contribution is -0.144. The van der Waals surface area contributed by atoms with E-state index in [1.54, 1.807) is 0 Å². The number of aromatic carboxylic acids is 1. The zero-order valence-electron chi connectivity index (χ0n) is 10.3. The Morgan fingerprint density at radius 3 is 2.71 bits per heavy atom. The molecule has 2 aromatic rings. The molecule has 0 unspecified atom stereocenters. The Morgan fingerprint density at radius 2 is 2.14 bits per heavy atom. The van der Waals surface area contributed by atoms with Gasteiger partial charge in [0, 0.05) is 5.92 Å². The molecule has 3 rings (SSSR count). The summed E-state index contributed by atoms with van der Waals surface area (Å²) in [6, 6.07) is 0. The Kier molecular flexibility index (Phi) is 2.92. The number of aromatic nitrogens is 5. The van der Waals surface area contributed by atoms with Gasteiger partial charge in [-0.1, -0.05) is 10.4 Å². The van der Waals surface area contributed by atoms with Crippen LogP contribution in [0.5, 0.6) is 0 Å². The maximum absolute atomic E-state index is 12.9. The summed E-state index contributed by atoms with van der Waals surface area (Å²) in [6.07, 6.45) is -3.09. The van der Waals surface area contributed by atoms with E-state index in [0.717, 1.165) is 12.8 Å². The summed E-state index contributed by atoms with van der Waals surface area (Å²) in [5.41, 5.74) is -2.61.